The zero-order chi connectivity index (χ0) is 21.3. The number of nitrogens with zero attached hydrogens (tertiary/aromatic N) is 4. The van der Waals surface area contributed by atoms with Crippen LogP contribution in [0.1, 0.15) is 23.0 Å². The minimum atomic E-state index is -0.132. The highest BCUT2D eigenvalue weighted by Crippen LogP contribution is 2.44. The fourth-order valence-electron chi connectivity index (χ4n) is 3.75. The first kappa shape index (κ1) is 22.2. The number of amides is 2. The Labute approximate surface area is 192 Å². The molecule has 2 fully saturated rings. The fraction of sp³-hybridized carbons (Fsp3) is 0.500. The first-order valence-electron chi connectivity index (χ1n) is 10.9. The van der Waals surface area contributed by atoms with Gasteiger partial charge in [0.2, 0.25) is 5.95 Å². The zero-order valence-electron chi connectivity index (χ0n) is 17.7. The van der Waals surface area contributed by atoms with Crippen LogP contribution in [-0.2, 0) is 0 Å². The predicted octanol–water partition coefficient (Wildman–Crippen LogP) is 3.68. The van der Waals surface area contributed by atoms with Gasteiger partial charge in [-0.15, -0.1) is 23.5 Å². The maximum Gasteiger partial charge on any atom is 0.319 e. The molecule has 0 saturated carbocycles. The summed E-state index contributed by atoms with van der Waals surface area (Å²) >= 11 is 3.99. The van der Waals surface area contributed by atoms with Crippen molar-refractivity contribution in [1.82, 2.24) is 20.2 Å². The quantitative estimate of drug-likeness (QED) is 0.613. The topological polar surface area (TPSA) is 73.4 Å². The molecular formula is C22H30N6OS2. The average molecular weight is 459 g/mol. The molecule has 4 rings (SSSR count). The molecule has 2 saturated heterocycles. The summed E-state index contributed by atoms with van der Waals surface area (Å²) in [5.74, 6) is 3.24. The van der Waals surface area contributed by atoms with E-state index in [0.29, 0.717) is 11.1 Å². The number of rotatable bonds is 7. The molecule has 1 aromatic heterocycles. The molecule has 0 unspecified atom stereocenters. The third kappa shape index (κ3) is 6.75. The van der Waals surface area contributed by atoms with Crippen LogP contribution >= 0.6 is 23.5 Å². The molecule has 2 aromatic rings. The zero-order valence-corrected chi connectivity index (χ0v) is 19.3. The summed E-state index contributed by atoms with van der Waals surface area (Å²) in [6.45, 7) is 5.51. The molecule has 31 heavy (non-hydrogen) atoms. The summed E-state index contributed by atoms with van der Waals surface area (Å²) in [6, 6.07) is 9.95. The number of thioether (sulfide) groups is 2. The molecule has 0 radical (unpaired) electrons. The Morgan fingerprint density at radius 3 is 2.61 bits per heavy atom. The van der Waals surface area contributed by atoms with Crippen LogP contribution in [0.25, 0.3) is 0 Å². The summed E-state index contributed by atoms with van der Waals surface area (Å²) in [5, 5.41) is 5.97. The lowest BCUT2D eigenvalue weighted by molar-refractivity contribution is 0.244. The molecular weight excluding hydrogens is 428 g/mol. The van der Waals surface area contributed by atoms with E-state index in [1.165, 1.54) is 23.5 Å². The standard InChI is InChI=1S/C22H30N6OS2/c29-22(26-19-6-1-5-18(17-19)20-30-15-4-16-31-20)25-9-3-10-27-11-13-28(14-12-27)21-23-7-2-8-24-21/h1-2,5-8,17,20H,3-4,9-16H2,(H2,25,26,29). The second kappa shape index (κ2) is 11.6. The molecule has 2 aliphatic heterocycles. The average Bonchev–Trinajstić information content (AvgIpc) is 2.83. The largest absolute Gasteiger partial charge is 0.338 e. The molecule has 9 heteroatoms. The monoisotopic (exact) mass is 458 g/mol. The highest BCUT2D eigenvalue weighted by atomic mass is 32.2. The van der Waals surface area contributed by atoms with E-state index in [2.05, 4.69) is 42.5 Å². The van der Waals surface area contributed by atoms with Crippen molar-refractivity contribution in [1.29, 1.82) is 0 Å². The molecule has 0 aliphatic carbocycles. The van der Waals surface area contributed by atoms with Crippen LogP contribution < -0.4 is 15.5 Å². The van der Waals surface area contributed by atoms with Gasteiger partial charge in [0.25, 0.3) is 0 Å². The van der Waals surface area contributed by atoms with Gasteiger partial charge in [0.15, 0.2) is 0 Å². The van der Waals surface area contributed by atoms with Crippen LogP contribution in [0.3, 0.4) is 0 Å². The first-order chi connectivity index (χ1) is 15.3. The van der Waals surface area contributed by atoms with Gasteiger partial charge in [0.1, 0.15) is 0 Å². The van der Waals surface area contributed by atoms with E-state index in [-0.39, 0.29) is 6.03 Å². The summed E-state index contributed by atoms with van der Waals surface area (Å²) in [7, 11) is 0. The van der Waals surface area contributed by atoms with E-state index in [4.69, 9.17) is 0 Å². The molecule has 1 aromatic carbocycles. The lowest BCUT2D eigenvalue weighted by Crippen LogP contribution is -2.47. The Bertz CT molecular complexity index is 826. The Morgan fingerprint density at radius 2 is 1.84 bits per heavy atom. The first-order valence-corrected chi connectivity index (χ1v) is 13.0. The molecule has 3 heterocycles. The number of urea groups is 1. The fourth-order valence-corrected chi connectivity index (χ4v) is 6.62. The highest BCUT2D eigenvalue weighted by molar-refractivity contribution is 8.16. The van der Waals surface area contributed by atoms with Gasteiger partial charge in [0, 0.05) is 50.8 Å². The van der Waals surface area contributed by atoms with Crippen molar-refractivity contribution in [2.75, 3.05) is 61.0 Å². The van der Waals surface area contributed by atoms with Crippen LogP contribution in [0, 0.1) is 0 Å². The number of hydrogen-bond acceptors (Lipinski definition) is 7. The summed E-state index contributed by atoms with van der Waals surface area (Å²) in [6.07, 6.45) is 5.79. The maximum atomic E-state index is 12.3. The van der Waals surface area contributed by atoms with E-state index < -0.39 is 0 Å². The molecule has 0 spiro atoms. The third-order valence-electron chi connectivity index (χ3n) is 5.39. The van der Waals surface area contributed by atoms with Gasteiger partial charge in [-0.2, -0.15) is 0 Å². The minimum absolute atomic E-state index is 0.132. The molecule has 166 valence electrons. The van der Waals surface area contributed by atoms with E-state index in [1.54, 1.807) is 12.4 Å². The molecule has 2 amide bonds. The number of aromatic nitrogens is 2. The number of benzene rings is 1. The smallest absolute Gasteiger partial charge is 0.319 e. The van der Waals surface area contributed by atoms with Crippen molar-refractivity contribution in [3.05, 3.63) is 48.3 Å². The van der Waals surface area contributed by atoms with Crippen molar-refractivity contribution >= 4 is 41.2 Å². The third-order valence-corrected chi connectivity index (χ3v) is 8.40. The van der Waals surface area contributed by atoms with Crippen molar-refractivity contribution in [2.24, 2.45) is 0 Å². The number of nitrogens with one attached hydrogen (secondary N) is 2. The van der Waals surface area contributed by atoms with Crippen molar-refractivity contribution in [3.63, 3.8) is 0 Å². The van der Waals surface area contributed by atoms with E-state index >= 15 is 0 Å². The second-order valence-corrected chi connectivity index (χ2v) is 10.4. The Hall–Kier alpha value is -1.97. The van der Waals surface area contributed by atoms with Crippen LogP contribution in [0.15, 0.2) is 42.7 Å². The van der Waals surface area contributed by atoms with Crippen LogP contribution in [0.5, 0.6) is 0 Å². The normalized spacial score (nSPS) is 18.0. The second-order valence-electron chi connectivity index (χ2n) is 7.66. The lowest BCUT2D eigenvalue weighted by Gasteiger charge is -2.34. The van der Waals surface area contributed by atoms with Gasteiger partial charge in [-0.1, -0.05) is 12.1 Å². The molecule has 0 bridgehead atoms. The number of hydrogen-bond donors (Lipinski definition) is 2. The van der Waals surface area contributed by atoms with Gasteiger partial charge in [-0.3, -0.25) is 4.90 Å². The predicted molar refractivity (Wildman–Crippen MR) is 131 cm³/mol. The van der Waals surface area contributed by atoms with Gasteiger partial charge in [-0.25, -0.2) is 14.8 Å². The summed E-state index contributed by atoms with van der Waals surface area (Å²) in [5.41, 5.74) is 2.15. The molecule has 2 N–H and O–H groups in total. The number of carbonyl (C=O) groups is 1. The lowest BCUT2D eigenvalue weighted by atomic mass is 10.2. The van der Waals surface area contributed by atoms with Gasteiger partial charge >= 0.3 is 6.03 Å². The number of anilines is 2. The number of carbonyl (C=O) groups excluding carboxylic acids is 1. The SMILES string of the molecule is O=C(NCCCN1CCN(c2ncccn2)CC1)Nc1cccc(C2SCCCS2)c1. The van der Waals surface area contributed by atoms with Crippen molar-refractivity contribution in [3.8, 4) is 0 Å². The van der Waals surface area contributed by atoms with Gasteiger partial charge in [0.05, 0.1) is 4.58 Å². The highest BCUT2D eigenvalue weighted by Gasteiger charge is 2.19. The summed E-state index contributed by atoms with van der Waals surface area (Å²) in [4.78, 5) is 25.6. The van der Waals surface area contributed by atoms with Crippen molar-refractivity contribution in [2.45, 2.75) is 17.4 Å². The number of piperazine rings is 1. The van der Waals surface area contributed by atoms with Gasteiger partial charge < -0.3 is 15.5 Å². The Balaban J connectivity index is 1.13. The van der Waals surface area contributed by atoms with Crippen LogP contribution in [0.2, 0.25) is 0 Å². The van der Waals surface area contributed by atoms with Gasteiger partial charge in [-0.05, 0) is 54.7 Å². The van der Waals surface area contributed by atoms with Crippen LogP contribution in [-0.4, -0.2) is 71.7 Å². The Kier molecular flexibility index (Phi) is 8.31. The molecule has 2 aliphatic rings. The van der Waals surface area contributed by atoms with E-state index in [9.17, 15) is 4.79 Å². The molecule has 7 nitrogen and oxygen atoms in total. The van der Waals surface area contributed by atoms with Crippen LogP contribution in [0.4, 0.5) is 16.4 Å². The minimum Gasteiger partial charge on any atom is -0.338 e. The van der Waals surface area contributed by atoms with Crippen molar-refractivity contribution < 1.29 is 4.79 Å². The maximum absolute atomic E-state index is 12.3. The van der Waals surface area contributed by atoms with E-state index in [0.717, 1.165) is 50.8 Å². The molecule has 0 atom stereocenters. The summed E-state index contributed by atoms with van der Waals surface area (Å²) < 4.78 is 0.479. The van der Waals surface area contributed by atoms with E-state index in [1.807, 2.05) is 41.7 Å². The Morgan fingerprint density at radius 1 is 1.06 bits per heavy atom.